The molecule has 18 heavy (non-hydrogen) atoms. The van der Waals surface area contributed by atoms with Gasteiger partial charge in [-0.2, -0.15) is 0 Å². The molecule has 0 bridgehead atoms. The number of benzene rings is 1. The molecule has 1 aromatic rings. The quantitative estimate of drug-likeness (QED) is 0.856. The van der Waals surface area contributed by atoms with Crippen LogP contribution in [0, 0.1) is 17.3 Å². The van der Waals surface area contributed by atoms with E-state index < -0.39 is 11.9 Å². The molecule has 0 saturated heterocycles. The van der Waals surface area contributed by atoms with E-state index in [1.807, 2.05) is 26.0 Å². The highest BCUT2D eigenvalue weighted by molar-refractivity contribution is 6.48. The summed E-state index contributed by atoms with van der Waals surface area (Å²) in [5.74, 6) is -1.55. The summed E-state index contributed by atoms with van der Waals surface area (Å²) in [6.45, 7) is 3.81. The first-order valence-electron chi connectivity index (χ1n) is 5.68. The summed E-state index contributed by atoms with van der Waals surface area (Å²) in [5, 5.41) is 12.1. The van der Waals surface area contributed by atoms with Crippen molar-refractivity contribution in [3.63, 3.8) is 0 Å². The molecule has 2 nitrogen and oxygen atoms in total. The van der Waals surface area contributed by atoms with Crippen molar-refractivity contribution in [2.24, 2.45) is 17.3 Å². The number of hydrogen-bond donors (Lipinski definition) is 0. The van der Waals surface area contributed by atoms with Crippen LogP contribution in [0.3, 0.4) is 0 Å². The number of aliphatic carboxylic acids is 1. The standard InChI is InChI=1S/C14H14Cl2O2/c1-14(2)10(12(14)13(17)18)7-11(16)8-3-5-9(15)6-4-8/h3-7,10,12H,1-2H3,(H,17,18)/p-1/b11-7-/t10-,12+/m0/s1. The van der Waals surface area contributed by atoms with Gasteiger partial charge >= 0.3 is 0 Å². The van der Waals surface area contributed by atoms with Gasteiger partial charge < -0.3 is 9.90 Å². The summed E-state index contributed by atoms with van der Waals surface area (Å²) in [4.78, 5) is 10.9. The molecular weight excluding hydrogens is 271 g/mol. The van der Waals surface area contributed by atoms with Crippen LogP contribution >= 0.6 is 23.2 Å². The Bertz CT molecular complexity index is 503. The molecule has 4 heteroatoms. The van der Waals surface area contributed by atoms with Gasteiger partial charge in [0.1, 0.15) is 0 Å². The van der Waals surface area contributed by atoms with Crippen molar-refractivity contribution >= 4 is 34.2 Å². The van der Waals surface area contributed by atoms with Crippen LogP contribution < -0.4 is 5.11 Å². The van der Waals surface area contributed by atoms with Crippen LogP contribution in [0.1, 0.15) is 19.4 Å². The van der Waals surface area contributed by atoms with E-state index >= 15 is 0 Å². The molecule has 2 rings (SSSR count). The normalized spacial score (nSPS) is 25.9. The number of halogens is 2. The molecule has 1 aliphatic carbocycles. The molecular formula is C14H13Cl2O2-. The van der Waals surface area contributed by atoms with Gasteiger partial charge in [0.2, 0.25) is 0 Å². The summed E-state index contributed by atoms with van der Waals surface area (Å²) in [6.07, 6.45) is 1.80. The molecule has 0 amide bonds. The van der Waals surface area contributed by atoms with Crippen LogP contribution in [0.15, 0.2) is 30.3 Å². The molecule has 0 aliphatic heterocycles. The molecule has 0 spiro atoms. The first-order valence-corrected chi connectivity index (χ1v) is 6.43. The largest absolute Gasteiger partial charge is 0.550 e. The monoisotopic (exact) mass is 283 g/mol. The maximum absolute atomic E-state index is 10.9. The molecule has 1 aromatic carbocycles. The van der Waals surface area contributed by atoms with Crippen LogP contribution in [0.2, 0.25) is 5.02 Å². The second kappa shape index (κ2) is 4.60. The lowest BCUT2D eigenvalue weighted by molar-refractivity contribution is -0.308. The third-order valence-electron chi connectivity index (χ3n) is 3.61. The van der Waals surface area contributed by atoms with Crippen molar-refractivity contribution in [3.8, 4) is 0 Å². The summed E-state index contributed by atoms with van der Waals surface area (Å²) >= 11 is 12.0. The number of allylic oxidation sites excluding steroid dienone is 1. The number of hydrogen-bond acceptors (Lipinski definition) is 2. The van der Waals surface area contributed by atoms with Crippen molar-refractivity contribution in [1.29, 1.82) is 0 Å². The molecule has 0 radical (unpaired) electrons. The Kier molecular flexibility index (Phi) is 3.43. The van der Waals surface area contributed by atoms with Crippen molar-refractivity contribution in [3.05, 3.63) is 40.9 Å². The minimum absolute atomic E-state index is 0.0781. The molecule has 0 unspecified atom stereocenters. The first kappa shape index (κ1) is 13.4. The molecule has 0 heterocycles. The van der Waals surface area contributed by atoms with E-state index in [-0.39, 0.29) is 11.3 Å². The van der Waals surface area contributed by atoms with Crippen LogP contribution in [-0.4, -0.2) is 5.97 Å². The highest BCUT2D eigenvalue weighted by Gasteiger charge is 2.57. The average Bonchev–Trinajstić information content (AvgIpc) is 2.81. The second-order valence-electron chi connectivity index (χ2n) is 5.17. The Labute approximate surface area is 116 Å². The zero-order valence-corrected chi connectivity index (χ0v) is 11.6. The minimum atomic E-state index is -1.01. The van der Waals surface area contributed by atoms with E-state index in [4.69, 9.17) is 23.2 Å². The Balaban J connectivity index is 2.20. The number of carboxylic acid groups (broad SMARTS) is 1. The van der Waals surface area contributed by atoms with Crippen molar-refractivity contribution in [2.45, 2.75) is 13.8 Å². The van der Waals surface area contributed by atoms with E-state index in [2.05, 4.69) is 0 Å². The van der Waals surface area contributed by atoms with Crippen molar-refractivity contribution < 1.29 is 9.90 Å². The fraction of sp³-hybridized carbons (Fsp3) is 0.357. The fourth-order valence-corrected chi connectivity index (χ4v) is 2.69. The van der Waals surface area contributed by atoms with Gasteiger partial charge in [0.15, 0.2) is 0 Å². The molecule has 1 aliphatic rings. The zero-order chi connectivity index (χ0) is 13.5. The number of carboxylic acids is 1. The molecule has 96 valence electrons. The van der Waals surface area contributed by atoms with Gasteiger partial charge in [0, 0.05) is 21.9 Å². The molecule has 0 N–H and O–H groups in total. The van der Waals surface area contributed by atoms with Gasteiger partial charge in [0.05, 0.1) is 0 Å². The maximum atomic E-state index is 10.9. The van der Waals surface area contributed by atoms with E-state index in [0.29, 0.717) is 10.1 Å². The van der Waals surface area contributed by atoms with Crippen LogP contribution in [0.5, 0.6) is 0 Å². The predicted molar refractivity (Wildman–Crippen MR) is 71.1 cm³/mol. The summed E-state index contributed by atoms with van der Waals surface area (Å²) < 4.78 is 0. The average molecular weight is 284 g/mol. The van der Waals surface area contributed by atoms with E-state index in [9.17, 15) is 9.90 Å². The van der Waals surface area contributed by atoms with Gasteiger partial charge in [-0.05, 0) is 29.0 Å². The minimum Gasteiger partial charge on any atom is -0.550 e. The number of rotatable bonds is 3. The number of carbonyl (C=O) groups excluding carboxylic acids is 1. The topological polar surface area (TPSA) is 40.1 Å². The Hall–Kier alpha value is -0.990. The Morgan fingerprint density at radius 3 is 2.33 bits per heavy atom. The van der Waals surface area contributed by atoms with Gasteiger partial charge in [-0.15, -0.1) is 0 Å². The van der Waals surface area contributed by atoms with E-state index in [1.165, 1.54) is 0 Å². The third kappa shape index (κ3) is 2.40. The van der Waals surface area contributed by atoms with Gasteiger partial charge in [-0.1, -0.05) is 55.3 Å². The molecule has 2 atom stereocenters. The Morgan fingerprint density at radius 2 is 1.89 bits per heavy atom. The van der Waals surface area contributed by atoms with E-state index in [0.717, 1.165) is 5.56 Å². The highest BCUT2D eigenvalue weighted by atomic mass is 35.5. The van der Waals surface area contributed by atoms with Gasteiger partial charge in [-0.3, -0.25) is 0 Å². The zero-order valence-electron chi connectivity index (χ0n) is 10.1. The molecule has 1 fully saturated rings. The molecule has 1 saturated carbocycles. The SMILES string of the molecule is CC1(C)[C@@H](/C=C(\Cl)c2ccc(Cl)cc2)[C@@H]1C(=O)[O-]. The second-order valence-corrected chi connectivity index (χ2v) is 6.01. The lowest BCUT2D eigenvalue weighted by Crippen LogP contribution is -2.26. The lowest BCUT2D eigenvalue weighted by atomic mass is 10.1. The van der Waals surface area contributed by atoms with Crippen LogP contribution in [-0.2, 0) is 4.79 Å². The molecule has 0 aromatic heterocycles. The predicted octanol–water partition coefficient (Wildman–Crippen LogP) is 2.94. The van der Waals surface area contributed by atoms with Crippen molar-refractivity contribution in [1.82, 2.24) is 0 Å². The highest BCUT2D eigenvalue weighted by Crippen LogP contribution is 2.59. The summed E-state index contributed by atoms with van der Waals surface area (Å²) in [7, 11) is 0. The summed E-state index contributed by atoms with van der Waals surface area (Å²) in [5.41, 5.74) is 0.548. The fourth-order valence-electron chi connectivity index (χ4n) is 2.30. The third-order valence-corrected chi connectivity index (χ3v) is 4.21. The van der Waals surface area contributed by atoms with Crippen LogP contribution in [0.25, 0.3) is 5.03 Å². The van der Waals surface area contributed by atoms with Gasteiger partial charge in [-0.25, -0.2) is 0 Å². The van der Waals surface area contributed by atoms with E-state index in [1.54, 1.807) is 18.2 Å². The van der Waals surface area contributed by atoms with Crippen LogP contribution in [0.4, 0.5) is 0 Å². The van der Waals surface area contributed by atoms with Crippen molar-refractivity contribution in [2.75, 3.05) is 0 Å². The maximum Gasteiger partial charge on any atom is 0.0456 e. The summed E-state index contributed by atoms with van der Waals surface area (Å²) in [6, 6.07) is 7.12. The smallest absolute Gasteiger partial charge is 0.0456 e. The number of carbonyl (C=O) groups is 1. The first-order chi connectivity index (χ1) is 8.34. The lowest BCUT2D eigenvalue weighted by Gasteiger charge is -2.01. The Morgan fingerprint density at radius 1 is 1.33 bits per heavy atom. The van der Waals surface area contributed by atoms with Gasteiger partial charge in [0.25, 0.3) is 0 Å².